The van der Waals surface area contributed by atoms with E-state index in [-0.39, 0.29) is 0 Å². The number of halogens is 2. The number of hydrogen-bond acceptors (Lipinski definition) is 1. The number of rotatable bonds is 1. The predicted octanol–water partition coefficient (Wildman–Crippen LogP) is 1.65. The Bertz CT molecular complexity index is 51.5. The molecule has 2 nitrogen and oxygen atoms in total. The third-order valence-electron chi connectivity index (χ3n) is 0.203. The zero-order chi connectivity index (χ0) is 4.99. The zero-order valence-corrected chi connectivity index (χ0v) is 7.54. The highest BCUT2D eigenvalue weighted by Crippen LogP contribution is 2.00. The van der Waals surface area contributed by atoms with Gasteiger partial charge in [-0.3, -0.25) is 4.99 Å². The van der Waals surface area contributed by atoms with Gasteiger partial charge >= 0.3 is 0 Å². The second-order valence-corrected chi connectivity index (χ2v) is 4.56. The van der Waals surface area contributed by atoms with Crippen molar-refractivity contribution in [1.82, 2.24) is 1.33 Å². The molecule has 0 unspecified atom stereocenters. The lowest BCUT2D eigenvalue weighted by Gasteiger charge is -1.90. The Labute approximate surface area is 65.0 Å². The molecule has 36 valence electrons. The molecular formula is C2H4I2N2. The fourth-order valence-corrected chi connectivity index (χ4v) is 0.586. The summed E-state index contributed by atoms with van der Waals surface area (Å²) in [6, 6.07) is 0. The van der Waals surface area contributed by atoms with Crippen LogP contribution in [0.1, 0.15) is 0 Å². The van der Waals surface area contributed by atoms with Crippen LogP contribution in [-0.2, 0) is 0 Å². The van der Waals surface area contributed by atoms with Gasteiger partial charge in [0.05, 0.1) is 45.7 Å². The van der Waals surface area contributed by atoms with Crippen LogP contribution in [0.5, 0.6) is 0 Å². The fraction of sp³-hybridized carbons (Fsp3) is 0.500. The summed E-state index contributed by atoms with van der Waals surface area (Å²) in [5, 5.41) is 0. The molecule has 0 heterocycles. The topological polar surface area (TPSA) is 15.6 Å². The van der Waals surface area contributed by atoms with E-state index in [0.29, 0.717) is 0 Å². The molecule has 0 aromatic carbocycles. The van der Waals surface area contributed by atoms with Gasteiger partial charge in [-0.15, -0.1) is 0 Å². The fourth-order valence-electron chi connectivity index (χ4n) is 0.0873. The minimum absolute atomic E-state index is 1.72. The van der Waals surface area contributed by atoms with Crippen LogP contribution in [0.2, 0.25) is 0 Å². The Hall–Kier alpha value is 0.930. The zero-order valence-electron chi connectivity index (χ0n) is 3.23. The van der Waals surface area contributed by atoms with E-state index in [9.17, 15) is 0 Å². The molecule has 0 N–H and O–H groups in total. The van der Waals surface area contributed by atoms with Gasteiger partial charge in [0.25, 0.3) is 0 Å². The molecule has 4 heteroatoms. The first-order chi connectivity index (χ1) is 2.77. The van der Waals surface area contributed by atoms with E-state index in [1.54, 1.807) is 13.4 Å². The smallest absolute Gasteiger partial charge is 0.103 e. The average molecular weight is 310 g/mol. The Morgan fingerprint density at radius 1 is 1.67 bits per heavy atom. The van der Waals surface area contributed by atoms with Crippen molar-refractivity contribution in [1.29, 1.82) is 0 Å². The molecule has 0 bridgehead atoms. The monoisotopic (exact) mass is 310 g/mol. The molecule has 0 saturated heterocycles. The maximum atomic E-state index is 3.72. The SMILES string of the molecule is C/N=C/N(I)I. The lowest BCUT2D eigenvalue weighted by Crippen LogP contribution is -1.86. The molecule has 0 radical (unpaired) electrons. The first-order valence-electron chi connectivity index (χ1n) is 1.30. The molecule has 0 aliphatic carbocycles. The molecule has 0 atom stereocenters. The van der Waals surface area contributed by atoms with E-state index in [1.807, 2.05) is 1.33 Å². The highest BCUT2D eigenvalue weighted by atomic mass is 127. The Morgan fingerprint density at radius 3 is 2.17 bits per heavy atom. The van der Waals surface area contributed by atoms with Gasteiger partial charge < -0.3 is 0 Å². The molecule has 0 aromatic rings. The van der Waals surface area contributed by atoms with Crippen molar-refractivity contribution in [3.05, 3.63) is 0 Å². The van der Waals surface area contributed by atoms with E-state index in [2.05, 4.69) is 50.7 Å². The second kappa shape index (κ2) is 4.10. The van der Waals surface area contributed by atoms with Gasteiger partial charge in [0, 0.05) is 7.05 Å². The van der Waals surface area contributed by atoms with Crippen LogP contribution in [0.4, 0.5) is 0 Å². The summed E-state index contributed by atoms with van der Waals surface area (Å²) in [5.74, 6) is 0. The normalized spacial score (nSPS) is 9.83. The standard InChI is InChI=1S/C2H4I2N2/c1-5-2-6(3)4/h2H,1H3/b5-2+. The lowest BCUT2D eigenvalue weighted by atomic mass is 11.3. The summed E-state index contributed by atoms with van der Waals surface area (Å²) in [7, 11) is 1.74. The Balaban J connectivity index is 3.03. The molecule has 0 amide bonds. The maximum Gasteiger partial charge on any atom is 0.103 e. The van der Waals surface area contributed by atoms with Gasteiger partial charge in [0.15, 0.2) is 0 Å². The summed E-state index contributed by atoms with van der Waals surface area (Å²) in [4.78, 5) is 3.72. The summed E-state index contributed by atoms with van der Waals surface area (Å²) < 4.78 is 1.83. The minimum Gasteiger partial charge on any atom is -0.278 e. The first-order valence-corrected chi connectivity index (χ1v) is 3.23. The average Bonchev–Trinajstić information content (AvgIpc) is 1.35. The van der Waals surface area contributed by atoms with E-state index in [1.165, 1.54) is 0 Å². The lowest BCUT2D eigenvalue weighted by molar-refractivity contribution is 1.30. The highest BCUT2D eigenvalue weighted by Gasteiger charge is 1.74. The van der Waals surface area contributed by atoms with Gasteiger partial charge in [-0.25, -0.2) is 1.33 Å². The van der Waals surface area contributed by atoms with Crippen molar-refractivity contribution in [2.24, 2.45) is 4.99 Å². The number of hydrogen-bond donors (Lipinski definition) is 0. The van der Waals surface area contributed by atoms with Crippen LogP contribution in [0, 0.1) is 0 Å². The predicted molar refractivity (Wildman–Crippen MR) is 44.3 cm³/mol. The maximum absolute atomic E-state index is 3.72. The molecular weight excluding hydrogens is 306 g/mol. The van der Waals surface area contributed by atoms with Crippen LogP contribution in [0.3, 0.4) is 0 Å². The Morgan fingerprint density at radius 2 is 2.17 bits per heavy atom. The van der Waals surface area contributed by atoms with Gasteiger partial charge in [0.1, 0.15) is 6.34 Å². The highest BCUT2D eigenvalue weighted by molar-refractivity contribution is 14.2. The minimum atomic E-state index is 1.72. The first kappa shape index (κ1) is 6.93. The molecule has 0 fully saturated rings. The summed E-state index contributed by atoms with van der Waals surface area (Å²) >= 11 is 4.23. The Kier molecular flexibility index (Phi) is 4.73. The van der Waals surface area contributed by atoms with E-state index in [4.69, 9.17) is 0 Å². The summed E-state index contributed by atoms with van der Waals surface area (Å²) in [6.07, 6.45) is 1.72. The number of aliphatic imine (C=N–C) groups is 1. The van der Waals surface area contributed by atoms with Gasteiger partial charge in [-0.05, 0) is 0 Å². The van der Waals surface area contributed by atoms with Crippen LogP contribution in [0.15, 0.2) is 4.99 Å². The van der Waals surface area contributed by atoms with Crippen molar-refractivity contribution in [3.63, 3.8) is 0 Å². The second-order valence-electron chi connectivity index (χ2n) is 0.633. The van der Waals surface area contributed by atoms with Crippen LogP contribution < -0.4 is 0 Å². The number of nitrogens with zero attached hydrogens (tertiary/aromatic N) is 2. The van der Waals surface area contributed by atoms with Gasteiger partial charge in [-0.1, -0.05) is 0 Å². The molecule has 0 aromatic heterocycles. The van der Waals surface area contributed by atoms with Crippen LogP contribution >= 0.6 is 45.7 Å². The quantitative estimate of drug-likeness (QED) is 0.311. The van der Waals surface area contributed by atoms with E-state index >= 15 is 0 Å². The van der Waals surface area contributed by atoms with E-state index in [0.717, 1.165) is 0 Å². The molecule has 0 aliphatic rings. The van der Waals surface area contributed by atoms with Crippen LogP contribution in [0.25, 0.3) is 0 Å². The molecule has 0 spiro atoms. The van der Waals surface area contributed by atoms with Crippen molar-refractivity contribution >= 4 is 52.1 Å². The third kappa shape index (κ3) is 4.93. The largest absolute Gasteiger partial charge is 0.278 e. The molecule has 6 heavy (non-hydrogen) atoms. The van der Waals surface area contributed by atoms with Crippen molar-refractivity contribution < 1.29 is 0 Å². The molecule has 0 aliphatic heterocycles. The van der Waals surface area contributed by atoms with Gasteiger partial charge in [0.2, 0.25) is 0 Å². The summed E-state index contributed by atoms with van der Waals surface area (Å²) in [6.45, 7) is 0. The molecule has 0 saturated carbocycles. The van der Waals surface area contributed by atoms with E-state index < -0.39 is 0 Å². The van der Waals surface area contributed by atoms with Crippen molar-refractivity contribution in [2.45, 2.75) is 0 Å². The van der Waals surface area contributed by atoms with Crippen molar-refractivity contribution in [2.75, 3.05) is 7.05 Å². The van der Waals surface area contributed by atoms with Crippen LogP contribution in [-0.4, -0.2) is 14.7 Å². The van der Waals surface area contributed by atoms with Gasteiger partial charge in [-0.2, -0.15) is 0 Å². The van der Waals surface area contributed by atoms with Crippen molar-refractivity contribution in [3.8, 4) is 0 Å². The summed E-state index contributed by atoms with van der Waals surface area (Å²) in [5.41, 5.74) is 0. The molecule has 0 rings (SSSR count). The third-order valence-corrected chi connectivity index (χ3v) is 0.701.